The fraction of sp³-hybridized carbons (Fsp3) is 0.545. The molecule has 474 valence electrons. The van der Waals surface area contributed by atoms with E-state index < -0.39 is 115 Å². The van der Waals surface area contributed by atoms with Crippen LogP contribution in [0.15, 0.2) is 48.5 Å². The Bertz CT molecular complexity index is 2650. The quantitative estimate of drug-likeness (QED) is 0.0315. The van der Waals surface area contributed by atoms with Crippen molar-refractivity contribution in [3.05, 3.63) is 65.2 Å². The maximum absolute atomic E-state index is 13.5. The van der Waals surface area contributed by atoms with Crippen LogP contribution in [0, 0.1) is 5.92 Å². The number of nitrogens with one attached hydrogen (secondary N) is 8. The first-order chi connectivity index (χ1) is 40.8. The number of carbonyl (C=O) groups excluding carboxylic acids is 5. The van der Waals surface area contributed by atoms with Crippen molar-refractivity contribution in [3.8, 4) is 0 Å². The molecular weight excluding hydrogens is 1150 g/mol. The van der Waals surface area contributed by atoms with Gasteiger partial charge in [-0.3, -0.25) is 48.2 Å². The Morgan fingerprint density at radius 3 is 1.70 bits per heavy atom. The van der Waals surface area contributed by atoms with E-state index in [2.05, 4.69) is 47.4 Å². The van der Waals surface area contributed by atoms with Gasteiger partial charge in [-0.25, -0.2) is 19.2 Å². The van der Waals surface area contributed by atoms with Gasteiger partial charge in [0.15, 0.2) is 10.9 Å². The van der Waals surface area contributed by atoms with E-state index in [9.17, 15) is 88.2 Å². The topological polar surface area (TPSA) is 452 Å². The molecule has 0 bridgehead atoms. The summed E-state index contributed by atoms with van der Waals surface area (Å²) in [5.41, 5.74) is 2.63. The molecule has 30 nitrogen and oxygen atoms in total. The van der Waals surface area contributed by atoms with E-state index in [1.807, 2.05) is 36.2 Å². The third kappa shape index (κ3) is 30.3. The van der Waals surface area contributed by atoms with E-state index >= 15 is 0 Å². The van der Waals surface area contributed by atoms with Gasteiger partial charge in [0.2, 0.25) is 11.8 Å². The van der Waals surface area contributed by atoms with Gasteiger partial charge in [0.25, 0.3) is 0 Å². The molecule has 1 aliphatic rings. The lowest BCUT2D eigenvalue weighted by Gasteiger charge is -2.32. The molecule has 1 unspecified atom stereocenters. The van der Waals surface area contributed by atoms with Gasteiger partial charge in [0, 0.05) is 83.5 Å². The zero-order chi connectivity index (χ0) is 63.7. The third-order valence-corrected chi connectivity index (χ3v) is 13.8. The number of carboxylic acid groups (broad SMARTS) is 7. The predicted molar refractivity (Wildman–Crippen MR) is 311 cm³/mol. The monoisotopic (exact) mass is 1230 g/mol. The number of anilines is 1. The van der Waals surface area contributed by atoms with Crippen LogP contribution in [0.3, 0.4) is 0 Å². The molecule has 2 aromatic rings. The summed E-state index contributed by atoms with van der Waals surface area (Å²) in [6.45, 7) is 2.71. The first-order valence-electron chi connectivity index (χ1n) is 27.9. The van der Waals surface area contributed by atoms with E-state index in [1.54, 1.807) is 29.2 Å². The van der Waals surface area contributed by atoms with Gasteiger partial charge in [0.05, 0.1) is 44.3 Å². The molecule has 0 radical (unpaired) electrons. The summed E-state index contributed by atoms with van der Waals surface area (Å²) in [6, 6.07) is 7.86. The average molecular weight is 1230 g/mol. The molecule has 1 heterocycles. The highest BCUT2D eigenvalue weighted by Gasteiger charge is 2.33. The number of benzene rings is 2. The molecular formula is C55H79N11O19S. The Morgan fingerprint density at radius 2 is 1.10 bits per heavy atom. The van der Waals surface area contributed by atoms with Crippen LogP contribution in [0.25, 0.3) is 0 Å². The van der Waals surface area contributed by atoms with Gasteiger partial charge in [-0.2, -0.15) is 0 Å². The molecule has 6 amide bonds. The number of Topliss-reactive ketones (excluding diaryl/α,β-unsaturated/α-hetero) is 1. The smallest absolute Gasteiger partial charge is 0.326 e. The van der Waals surface area contributed by atoms with Crippen molar-refractivity contribution in [2.24, 2.45) is 5.92 Å². The Morgan fingerprint density at radius 1 is 0.547 bits per heavy atom. The van der Waals surface area contributed by atoms with Gasteiger partial charge in [0.1, 0.15) is 12.1 Å². The lowest BCUT2D eigenvalue weighted by Crippen LogP contribution is -2.47. The van der Waals surface area contributed by atoms with Crippen LogP contribution in [-0.4, -0.2) is 224 Å². The van der Waals surface area contributed by atoms with Crippen LogP contribution in [0.4, 0.5) is 15.3 Å². The number of carboxylic acids is 7. The lowest BCUT2D eigenvalue weighted by molar-refractivity contribution is -0.145. The van der Waals surface area contributed by atoms with Crippen LogP contribution < -0.4 is 42.5 Å². The maximum atomic E-state index is 13.5. The number of likely N-dealkylation sites (N-methyl/N-ethyl adjacent to an activating group) is 1. The highest BCUT2D eigenvalue weighted by atomic mass is 32.1. The molecule has 5 atom stereocenters. The number of ketones is 1. The van der Waals surface area contributed by atoms with Crippen molar-refractivity contribution < 1.29 is 93.3 Å². The first kappa shape index (κ1) is 71.7. The second-order valence-electron chi connectivity index (χ2n) is 20.7. The fourth-order valence-electron chi connectivity index (χ4n) is 9.07. The van der Waals surface area contributed by atoms with Crippen LogP contribution in [0.5, 0.6) is 0 Å². The molecule has 0 spiro atoms. The van der Waals surface area contributed by atoms with Crippen LogP contribution >= 0.6 is 12.2 Å². The number of thiocarbonyl (C=S) groups is 1. The standard InChI is InChI=1S/C55H79N11O19S/c1-64-21-22-65(32-48(75)76)23-24-66(33-49(77)78)39(31-64)25-34-14-16-38(17-15-34)60-55(86)58-19-5-3-7-40(51(80)81)62-50(79)37(28-46(71)72)27-43(67)42(29-47(73)74)61-44(68)26-35-10-12-36(13-11-35)30-59-53(84)56-18-4-2-8-41(52(82)83)63-54(85)57-20-6-9-45(69)70/h10-17,37,39-42H,2-9,18-33H2,1H3,(H,61,68)(H,62,79)(H,69,70)(H,71,72)(H,73,74)(H,75,76)(H,77,78)(H,80,81)(H,82,83)(H2,56,59,84)(H2,57,63,85)(H2,58,60,86)/t37-,39?,40-,41-,42-/m0/s1. The van der Waals surface area contributed by atoms with E-state index in [1.165, 1.54) is 0 Å². The van der Waals surface area contributed by atoms with Gasteiger partial charge in [-0.05, 0) is 99.5 Å². The zero-order valence-electron chi connectivity index (χ0n) is 47.8. The molecule has 31 heteroatoms. The summed E-state index contributed by atoms with van der Waals surface area (Å²) in [4.78, 5) is 151. The van der Waals surface area contributed by atoms with Crippen molar-refractivity contribution in [3.63, 3.8) is 0 Å². The molecule has 0 aromatic heterocycles. The van der Waals surface area contributed by atoms with E-state index in [-0.39, 0.29) is 88.9 Å². The van der Waals surface area contributed by atoms with E-state index in [0.717, 1.165) is 5.56 Å². The normalized spacial score (nSPS) is 15.2. The predicted octanol–water partition coefficient (Wildman–Crippen LogP) is 0.181. The number of hydrogen-bond donors (Lipinski definition) is 15. The number of unbranched alkanes of at least 4 members (excludes halogenated alkanes) is 2. The molecule has 1 fully saturated rings. The number of aliphatic carboxylic acids is 7. The lowest BCUT2D eigenvalue weighted by atomic mass is 9.92. The Hall–Kier alpha value is -8.55. The molecule has 0 saturated carbocycles. The van der Waals surface area contributed by atoms with E-state index in [0.29, 0.717) is 75.2 Å². The van der Waals surface area contributed by atoms with Crippen molar-refractivity contribution >= 4 is 94.5 Å². The minimum atomic E-state index is -1.69. The summed E-state index contributed by atoms with van der Waals surface area (Å²) < 4.78 is 0. The summed E-state index contributed by atoms with van der Waals surface area (Å²) in [5.74, 6) is -13.2. The summed E-state index contributed by atoms with van der Waals surface area (Å²) >= 11 is 5.44. The number of urea groups is 2. The molecule has 1 aliphatic heterocycles. The van der Waals surface area contributed by atoms with Crippen LogP contribution in [0.2, 0.25) is 0 Å². The number of nitrogens with zero attached hydrogens (tertiary/aromatic N) is 3. The fourth-order valence-corrected chi connectivity index (χ4v) is 9.29. The van der Waals surface area contributed by atoms with Crippen molar-refractivity contribution in [2.75, 3.05) is 77.8 Å². The second kappa shape index (κ2) is 38.4. The van der Waals surface area contributed by atoms with Gasteiger partial charge in [-0.15, -0.1) is 0 Å². The highest BCUT2D eigenvalue weighted by molar-refractivity contribution is 7.80. The minimum Gasteiger partial charge on any atom is -0.481 e. The Labute approximate surface area is 501 Å². The summed E-state index contributed by atoms with van der Waals surface area (Å²) in [7, 11) is 1.91. The number of amides is 6. The van der Waals surface area contributed by atoms with Crippen LogP contribution in [-0.2, 0) is 67.3 Å². The molecule has 86 heavy (non-hydrogen) atoms. The molecule has 0 aliphatic carbocycles. The molecule has 15 N–H and O–H groups in total. The number of rotatable bonds is 38. The Balaban J connectivity index is 1.44. The zero-order valence-corrected chi connectivity index (χ0v) is 48.6. The average Bonchev–Trinajstić information content (AvgIpc) is 3.49. The van der Waals surface area contributed by atoms with Crippen molar-refractivity contribution in [1.29, 1.82) is 0 Å². The van der Waals surface area contributed by atoms with Crippen molar-refractivity contribution in [1.82, 2.24) is 51.9 Å². The molecule has 2 aromatic carbocycles. The highest BCUT2D eigenvalue weighted by Crippen LogP contribution is 2.18. The van der Waals surface area contributed by atoms with Gasteiger partial charge >= 0.3 is 53.8 Å². The number of hydrogen-bond acceptors (Lipinski definition) is 16. The van der Waals surface area contributed by atoms with Gasteiger partial charge < -0.3 is 83.2 Å². The maximum Gasteiger partial charge on any atom is 0.326 e. The number of carbonyl (C=O) groups is 12. The van der Waals surface area contributed by atoms with Crippen molar-refractivity contribution in [2.45, 2.75) is 114 Å². The first-order valence-corrected chi connectivity index (χ1v) is 28.3. The molecule has 1 saturated heterocycles. The largest absolute Gasteiger partial charge is 0.481 e. The minimum absolute atomic E-state index is 0.0498. The van der Waals surface area contributed by atoms with Gasteiger partial charge in [-0.1, -0.05) is 36.4 Å². The van der Waals surface area contributed by atoms with Crippen LogP contribution in [0.1, 0.15) is 87.3 Å². The molecule has 3 rings (SSSR count). The third-order valence-electron chi connectivity index (χ3n) is 13.6. The second-order valence-corrected chi connectivity index (χ2v) is 21.1. The Kier molecular flexibility index (Phi) is 32.0. The summed E-state index contributed by atoms with van der Waals surface area (Å²) in [5, 5.41) is 87.2. The van der Waals surface area contributed by atoms with E-state index in [4.69, 9.17) is 17.3 Å². The SMILES string of the molecule is CN1CCN(CC(=O)O)CCN(CC(=O)O)C(Cc2ccc(NC(=S)NCCCC[C@H](NC(=O)[C@H](CC(=O)O)CC(=O)[C@H](CC(=O)O)NC(=O)Cc3ccc(CNC(=O)NCCCC[C@H](NC(=O)NCCCC(=O)O)C(=O)O)cc3)C(=O)O)cc2)C1. The summed E-state index contributed by atoms with van der Waals surface area (Å²) in [6.07, 6.45) is -1.18.